The second kappa shape index (κ2) is 4.61. The average Bonchev–Trinajstić information content (AvgIpc) is 3.16. The zero-order valence-electron chi connectivity index (χ0n) is 10.6. The van der Waals surface area contributed by atoms with Gasteiger partial charge in [0.05, 0.1) is 0 Å². The van der Waals surface area contributed by atoms with E-state index < -0.39 is 0 Å². The van der Waals surface area contributed by atoms with E-state index >= 15 is 0 Å². The molecule has 0 amide bonds. The molecule has 5 nitrogen and oxygen atoms in total. The van der Waals surface area contributed by atoms with Gasteiger partial charge in [0.2, 0.25) is 5.88 Å². The van der Waals surface area contributed by atoms with Crippen LogP contribution in [0.3, 0.4) is 0 Å². The molecule has 0 aromatic carbocycles. The summed E-state index contributed by atoms with van der Waals surface area (Å²) in [6.45, 7) is 0.764. The maximum atomic E-state index is 5.89. The van der Waals surface area contributed by atoms with E-state index in [1.165, 1.54) is 0 Å². The molecule has 0 radical (unpaired) electrons. The van der Waals surface area contributed by atoms with Gasteiger partial charge in [-0.05, 0) is 42.6 Å². The Morgan fingerprint density at radius 1 is 1.30 bits per heavy atom. The molecule has 3 aromatic heterocycles. The molecule has 6 heteroatoms. The number of ether oxygens (including phenoxy) is 1. The third kappa shape index (κ3) is 1.82. The van der Waals surface area contributed by atoms with Gasteiger partial charge in [-0.3, -0.25) is 0 Å². The predicted octanol–water partition coefficient (Wildman–Crippen LogP) is 3.52. The minimum atomic E-state index is -0.0203. The molecule has 4 rings (SSSR count). The summed E-state index contributed by atoms with van der Waals surface area (Å²) >= 11 is 5.89. The second-order valence-corrected chi connectivity index (χ2v) is 5.10. The number of imidazole rings is 1. The number of furan rings is 1. The summed E-state index contributed by atoms with van der Waals surface area (Å²) in [7, 11) is 0. The highest BCUT2D eigenvalue weighted by molar-refractivity contribution is 6.28. The average molecular weight is 290 g/mol. The fourth-order valence-corrected chi connectivity index (χ4v) is 2.71. The van der Waals surface area contributed by atoms with E-state index in [-0.39, 0.29) is 6.10 Å². The second-order valence-electron chi connectivity index (χ2n) is 4.73. The summed E-state index contributed by atoms with van der Waals surface area (Å²) in [6.07, 6.45) is 3.72. The monoisotopic (exact) mass is 289 g/mol. The first-order chi connectivity index (χ1) is 9.83. The van der Waals surface area contributed by atoms with Crippen molar-refractivity contribution in [3.63, 3.8) is 0 Å². The molecule has 1 aliphatic heterocycles. The Morgan fingerprint density at radius 2 is 2.25 bits per heavy atom. The van der Waals surface area contributed by atoms with Crippen LogP contribution in [0.4, 0.5) is 0 Å². The third-order valence-corrected chi connectivity index (χ3v) is 3.64. The molecule has 1 fully saturated rings. The van der Waals surface area contributed by atoms with Crippen molar-refractivity contribution >= 4 is 22.8 Å². The van der Waals surface area contributed by atoms with Crippen molar-refractivity contribution in [1.82, 2.24) is 14.5 Å². The van der Waals surface area contributed by atoms with Gasteiger partial charge in [-0.15, -0.1) is 0 Å². The smallest absolute Gasteiger partial charge is 0.208 e. The van der Waals surface area contributed by atoms with E-state index in [9.17, 15) is 0 Å². The summed E-state index contributed by atoms with van der Waals surface area (Å²) in [5.41, 5.74) is 1.58. The Morgan fingerprint density at radius 3 is 3.00 bits per heavy atom. The summed E-state index contributed by atoms with van der Waals surface area (Å²) in [6, 6.07) is 7.33. The Kier molecular flexibility index (Phi) is 2.75. The van der Waals surface area contributed by atoms with Crippen LogP contribution < -0.4 is 0 Å². The molecular formula is C14H12ClN3O2. The molecule has 0 aliphatic carbocycles. The molecular weight excluding hydrogens is 278 g/mol. The Hall–Kier alpha value is -1.85. The number of hydrogen-bond acceptors (Lipinski definition) is 4. The Balaban J connectivity index is 1.97. The van der Waals surface area contributed by atoms with Crippen molar-refractivity contribution in [2.75, 3.05) is 6.61 Å². The van der Waals surface area contributed by atoms with Crippen LogP contribution in [0.25, 0.3) is 17.0 Å². The molecule has 4 heterocycles. The minimum absolute atomic E-state index is 0.0203. The van der Waals surface area contributed by atoms with Gasteiger partial charge < -0.3 is 9.15 Å². The van der Waals surface area contributed by atoms with Crippen LogP contribution in [0.15, 0.2) is 34.9 Å². The van der Waals surface area contributed by atoms with Crippen LogP contribution >= 0.6 is 11.6 Å². The van der Waals surface area contributed by atoms with E-state index in [1.54, 1.807) is 12.3 Å². The van der Waals surface area contributed by atoms with Crippen molar-refractivity contribution in [2.45, 2.75) is 18.9 Å². The first-order valence-corrected chi connectivity index (χ1v) is 6.91. The van der Waals surface area contributed by atoms with Crippen molar-refractivity contribution < 1.29 is 9.15 Å². The van der Waals surface area contributed by atoms with E-state index in [0.29, 0.717) is 11.1 Å². The number of aromatic nitrogens is 3. The van der Waals surface area contributed by atoms with Gasteiger partial charge in [0.25, 0.3) is 0 Å². The lowest BCUT2D eigenvalue weighted by molar-refractivity contribution is 0.104. The molecule has 1 atom stereocenters. The fourth-order valence-electron chi connectivity index (χ4n) is 2.57. The van der Waals surface area contributed by atoms with Crippen LogP contribution in [0.1, 0.15) is 24.8 Å². The first kappa shape index (κ1) is 11.9. The molecule has 1 unspecified atom stereocenters. The fraction of sp³-hybridized carbons (Fsp3) is 0.286. The van der Waals surface area contributed by atoms with E-state index in [2.05, 4.69) is 9.97 Å². The van der Waals surface area contributed by atoms with Crippen molar-refractivity contribution in [3.05, 3.63) is 41.5 Å². The molecule has 1 saturated heterocycles. The lowest BCUT2D eigenvalue weighted by Crippen LogP contribution is -2.06. The topological polar surface area (TPSA) is 53.1 Å². The zero-order valence-corrected chi connectivity index (χ0v) is 11.4. The maximum Gasteiger partial charge on any atom is 0.208 e. The highest BCUT2D eigenvalue weighted by Gasteiger charge is 2.26. The SMILES string of the molecule is Clc1ccc(-n2c(C3CCCO3)nc3cccnc32)o1. The van der Waals surface area contributed by atoms with Crippen molar-refractivity contribution in [2.24, 2.45) is 0 Å². The molecule has 0 N–H and O–H groups in total. The summed E-state index contributed by atoms with van der Waals surface area (Å²) in [5.74, 6) is 1.43. The molecule has 0 saturated carbocycles. The van der Waals surface area contributed by atoms with Crippen molar-refractivity contribution in [3.8, 4) is 5.88 Å². The Labute approximate surface area is 120 Å². The van der Waals surface area contributed by atoms with Gasteiger partial charge in [-0.2, -0.15) is 0 Å². The van der Waals surface area contributed by atoms with Crippen LogP contribution in [0.5, 0.6) is 0 Å². The van der Waals surface area contributed by atoms with Crippen LogP contribution in [0, 0.1) is 0 Å². The normalized spacial score (nSPS) is 18.9. The third-order valence-electron chi connectivity index (χ3n) is 3.44. The molecule has 0 spiro atoms. The quantitative estimate of drug-likeness (QED) is 0.724. The largest absolute Gasteiger partial charge is 0.428 e. The first-order valence-electron chi connectivity index (χ1n) is 6.53. The number of fused-ring (bicyclic) bond motifs is 1. The predicted molar refractivity (Wildman–Crippen MR) is 74.1 cm³/mol. The molecule has 20 heavy (non-hydrogen) atoms. The van der Waals surface area contributed by atoms with Gasteiger partial charge in [0, 0.05) is 18.9 Å². The van der Waals surface area contributed by atoms with Gasteiger partial charge in [0.1, 0.15) is 17.4 Å². The van der Waals surface area contributed by atoms with Gasteiger partial charge in [-0.1, -0.05) is 0 Å². The zero-order chi connectivity index (χ0) is 13.5. The maximum absolute atomic E-state index is 5.89. The summed E-state index contributed by atoms with van der Waals surface area (Å²) in [5, 5.41) is 0.344. The number of pyridine rings is 1. The number of halogens is 1. The van der Waals surface area contributed by atoms with Gasteiger partial charge in [0.15, 0.2) is 10.9 Å². The summed E-state index contributed by atoms with van der Waals surface area (Å²) < 4.78 is 13.2. The van der Waals surface area contributed by atoms with Crippen LogP contribution in [-0.2, 0) is 4.74 Å². The van der Waals surface area contributed by atoms with Gasteiger partial charge in [-0.25, -0.2) is 14.5 Å². The highest BCUT2D eigenvalue weighted by atomic mass is 35.5. The van der Waals surface area contributed by atoms with Crippen LogP contribution in [0.2, 0.25) is 5.22 Å². The highest BCUT2D eigenvalue weighted by Crippen LogP contribution is 2.32. The van der Waals surface area contributed by atoms with Crippen LogP contribution in [-0.4, -0.2) is 21.1 Å². The lowest BCUT2D eigenvalue weighted by Gasteiger charge is -2.10. The molecule has 1 aliphatic rings. The minimum Gasteiger partial charge on any atom is -0.428 e. The number of nitrogens with zero attached hydrogens (tertiary/aromatic N) is 3. The standard InChI is InChI=1S/C14H12ClN3O2/c15-11-5-6-12(20-11)18-13-9(3-1-7-16-13)17-14(18)10-4-2-8-19-10/h1,3,5-7,10H,2,4,8H2. The van der Waals surface area contributed by atoms with E-state index in [1.807, 2.05) is 22.8 Å². The van der Waals surface area contributed by atoms with Gasteiger partial charge >= 0.3 is 0 Å². The lowest BCUT2D eigenvalue weighted by atomic mass is 10.2. The molecule has 0 bridgehead atoms. The van der Waals surface area contributed by atoms with Crippen molar-refractivity contribution in [1.29, 1.82) is 0 Å². The number of hydrogen-bond donors (Lipinski definition) is 0. The van der Waals surface area contributed by atoms with E-state index in [4.69, 9.17) is 20.8 Å². The van der Waals surface area contributed by atoms with E-state index in [0.717, 1.165) is 36.4 Å². The molecule has 3 aromatic rings. The molecule has 102 valence electrons. The number of rotatable bonds is 2. The summed E-state index contributed by atoms with van der Waals surface area (Å²) in [4.78, 5) is 9.05. The Bertz CT molecular complexity index is 759.